The smallest absolute Gasteiger partial charge is 0.399 e. The first-order chi connectivity index (χ1) is 9.12. The molecule has 20 heavy (non-hydrogen) atoms. The molecular formula is C15H23BClNO2. The van der Waals surface area contributed by atoms with Crippen LogP contribution in [0.5, 0.6) is 0 Å². The minimum Gasteiger partial charge on any atom is -0.399 e. The van der Waals surface area contributed by atoms with E-state index in [0.29, 0.717) is 11.1 Å². The first kappa shape index (κ1) is 15.8. The molecule has 1 aromatic heterocycles. The third-order valence-electron chi connectivity index (χ3n) is 4.13. The molecule has 110 valence electrons. The van der Waals surface area contributed by atoms with Crippen LogP contribution in [0.2, 0.25) is 5.15 Å². The van der Waals surface area contributed by atoms with Crippen LogP contribution in [-0.4, -0.2) is 23.3 Å². The van der Waals surface area contributed by atoms with E-state index in [2.05, 4.69) is 46.5 Å². The van der Waals surface area contributed by atoms with Crippen LogP contribution < -0.4 is 5.46 Å². The molecule has 0 amide bonds. The summed E-state index contributed by atoms with van der Waals surface area (Å²) in [6, 6.07) is 1.92. The van der Waals surface area contributed by atoms with E-state index < -0.39 is 0 Å². The van der Waals surface area contributed by atoms with Crippen LogP contribution in [-0.2, 0) is 15.7 Å². The van der Waals surface area contributed by atoms with Gasteiger partial charge < -0.3 is 9.31 Å². The molecule has 5 heteroatoms. The van der Waals surface area contributed by atoms with Crippen molar-refractivity contribution in [3.05, 3.63) is 23.0 Å². The van der Waals surface area contributed by atoms with E-state index in [1.807, 2.05) is 6.07 Å². The molecular weight excluding hydrogens is 272 g/mol. The Morgan fingerprint density at radius 1 is 1.20 bits per heavy atom. The third kappa shape index (κ3) is 3.02. The zero-order valence-corrected chi connectivity index (χ0v) is 13.9. The fraction of sp³-hybridized carbons (Fsp3) is 0.667. The van der Waals surface area contributed by atoms with Crippen molar-refractivity contribution in [3.8, 4) is 0 Å². The predicted octanol–water partition coefficient (Wildman–Crippen LogP) is 3.23. The highest BCUT2D eigenvalue weighted by Gasteiger charge is 2.52. The fourth-order valence-corrected chi connectivity index (χ4v) is 2.46. The molecule has 1 aromatic rings. The molecule has 0 radical (unpaired) electrons. The lowest BCUT2D eigenvalue weighted by Gasteiger charge is -2.32. The van der Waals surface area contributed by atoms with Crippen LogP contribution in [0.4, 0.5) is 0 Å². The molecule has 0 N–H and O–H groups in total. The molecule has 0 saturated carbocycles. The van der Waals surface area contributed by atoms with Gasteiger partial charge in [-0.15, -0.1) is 0 Å². The van der Waals surface area contributed by atoms with Gasteiger partial charge in [0.25, 0.3) is 0 Å². The van der Waals surface area contributed by atoms with Gasteiger partial charge in [0.05, 0.1) is 11.2 Å². The van der Waals surface area contributed by atoms with Gasteiger partial charge >= 0.3 is 7.12 Å². The summed E-state index contributed by atoms with van der Waals surface area (Å²) in [7, 11) is -0.376. The first-order valence-corrected chi connectivity index (χ1v) is 7.50. The quantitative estimate of drug-likeness (QED) is 0.634. The topological polar surface area (TPSA) is 31.4 Å². The summed E-state index contributed by atoms with van der Waals surface area (Å²) in [6.07, 6.45) is 2.71. The zero-order valence-electron chi connectivity index (χ0n) is 13.2. The maximum absolute atomic E-state index is 6.11. The van der Waals surface area contributed by atoms with Crippen molar-refractivity contribution in [1.82, 2.24) is 4.98 Å². The van der Waals surface area contributed by atoms with Gasteiger partial charge in [-0.05, 0) is 51.7 Å². The second-order valence-corrected chi connectivity index (χ2v) is 7.28. The van der Waals surface area contributed by atoms with Gasteiger partial charge in [-0.3, -0.25) is 0 Å². The van der Waals surface area contributed by atoms with Crippen molar-refractivity contribution < 1.29 is 9.31 Å². The van der Waals surface area contributed by atoms with Gasteiger partial charge in [0.15, 0.2) is 0 Å². The number of aromatic nitrogens is 1. The summed E-state index contributed by atoms with van der Waals surface area (Å²) in [4.78, 5) is 4.19. The number of rotatable bonds is 3. The Bertz CT molecular complexity index is 487. The lowest BCUT2D eigenvalue weighted by atomic mass is 9.75. The molecule has 2 rings (SSSR count). The van der Waals surface area contributed by atoms with E-state index >= 15 is 0 Å². The van der Waals surface area contributed by atoms with E-state index in [0.717, 1.165) is 17.4 Å². The van der Waals surface area contributed by atoms with Crippen LogP contribution in [0.15, 0.2) is 12.3 Å². The van der Waals surface area contributed by atoms with Gasteiger partial charge in [0.1, 0.15) is 5.15 Å². The molecule has 1 aliphatic heterocycles. The standard InChI is InChI=1S/C15H23BClNO2/c1-10(2)7-11-8-13(17)18-9-12(11)16-19-14(3,4)15(5,6)20-16/h8-10H,7H2,1-6H3. The molecule has 0 unspecified atom stereocenters. The number of hydrogen-bond donors (Lipinski definition) is 0. The Morgan fingerprint density at radius 2 is 1.75 bits per heavy atom. The Morgan fingerprint density at radius 3 is 2.25 bits per heavy atom. The van der Waals surface area contributed by atoms with Crippen LogP contribution in [0.3, 0.4) is 0 Å². The number of nitrogens with zero attached hydrogens (tertiary/aromatic N) is 1. The van der Waals surface area contributed by atoms with Gasteiger partial charge in [0.2, 0.25) is 0 Å². The Labute approximate surface area is 127 Å². The van der Waals surface area contributed by atoms with Crippen molar-refractivity contribution in [3.63, 3.8) is 0 Å². The molecule has 0 aliphatic carbocycles. The highest BCUT2D eigenvalue weighted by Crippen LogP contribution is 2.36. The Hall–Kier alpha value is -0.575. The molecule has 1 fully saturated rings. The molecule has 3 nitrogen and oxygen atoms in total. The van der Waals surface area contributed by atoms with E-state index in [1.165, 1.54) is 0 Å². The van der Waals surface area contributed by atoms with Crippen molar-refractivity contribution in [2.75, 3.05) is 0 Å². The van der Waals surface area contributed by atoms with Gasteiger partial charge in [-0.1, -0.05) is 25.4 Å². The molecule has 0 spiro atoms. The summed E-state index contributed by atoms with van der Waals surface area (Å²) in [5.41, 5.74) is 1.46. The van der Waals surface area contributed by atoms with E-state index in [-0.39, 0.29) is 18.3 Å². The highest BCUT2D eigenvalue weighted by atomic mass is 35.5. The maximum Gasteiger partial charge on any atom is 0.496 e. The van der Waals surface area contributed by atoms with Crippen LogP contribution >= 0.6 is 11.6 Å². The first-order valence-electron chi connectivity index (χ1n) is 7.12. The lowest BCUT2D eigenvalue weighted by molar-refractivity contribution is 0.00578. The van der Waals surface area contributed by atoms with Crippen LogP contribution in [0, 0.1) is 5.92 Å². The summed E-state index contributed by atoms with van der Waals surface area (Å²) >= 11 is 6.03. The average Bonchev–Trinajstić information content (AvgIpc) is 2.46. The second-order valence-electron chi connectivity index (χ2n) is 6.89. The third-order valence-corrected chi connectivity index (χ3v) is 4.33. The van der Waals surface area contributed by atoms with Gasteiger partial charge in [0, 0.05) is 11.7 Å². The van der Waals surface area contributed by atoms with Crippen LogP contribution in [0.25, 0.3) is 0 Å². The minimum atomic E-state index is -0.376. The van der Waals surface area contributed by atoms with E-state index in [4.69, 9.17) is 20.9 Å². The molecule has 0 atom stereocenters. The van der Waals surface area contributed by atoms with Crippen molar-refractivity contribution in [2.24, 2.45) is 5.92 Å². The Kier molecular flexibility index (Phi) is 4.21. The highest BCUT2D eigenvalue weighted by molar-refractivity contribution is 6.62. The lowest BCUT2D eigenvalue weighted by Crippen LogP contribution is -2.41. The molecule has 2 heterocycles. The summed E-state index contributed by atoms with van der Waals surface area (Å²) in [6.45, 7) is 12.6. The number of pyridine rings is 1. The summed E-state index contributed by atoms with van der Waals surface area (Å²) in [5.74, 6) is 0.537. The minimum absolute atomic E-state index is 0.341. The number of halogens is 1. The maximum atomic E-state index is 6.11. The van der Waals surface area contributed by atoms with Crippen molar-refractivity contribution in [2.45, 2.75) is 59.2 Å². The SMILES string of the molecule is CC(C)Cc1cc(Cl)ncc1B1OC(C)(C)C(C)(C)O1. The van der Waals surface area contributed by atoms with E-state index in [9.17, 15) is 0 Å². The number of hydrogen-bond acceptors (Lipinski definition) is 3. The van der Waals surface area contributed by atoms with Gasteiger partial charge in [-0.25, -0.2) is 4.98 Å². The molecule has 1 saturated heterocycles. The normalized spacial score (nSPS) is 20.7. The molecule has 1 aliphatic rings. The average molecular weight is 296 g/mol. The molecule has 0 bridgehead atoms. The Balaban J connectivity index is 2.34. The van der Waals surface area contributed by atoms with Gasteiger partial charge in [-0.2, -0.15) is 0 Å². The van der Waals surface area contributed by atoms with Crippen molar-refractivity contribution >= 4 is 24.2 Å². The second kappa shape index (κ2) is 5.32. The monoisotopic (exact) mass is 295 g/mol. The van der Waals surface area contributed by atoms with E-state index in [1.54, 1.807) is 6.20 Å². The van der Waals surface area contributed by atoms with Crippen molar-refractivity contribution in [1.29, 1.82) is 0 Å². The largest absolute Gasteiger partial charge is 0.496 e. The predicted molar refractivity (Wildman–Crippen MR) is 83.5 cm³/mol. The fourth-order valence-electron chi connectivity index (χ4n) is 2.28. The zero-order chi connectivity index (χ0) is 15.1. The van der Waals surface area contributed by atoms with Crippen LogP contribution in [0.1, 0.15) is 47.1 Å². The summed E-state index contributed by atoms with van der Waals surface area (Å²) in [5, 5.41) is 0.515. The molecule has 0 aromatic carbocycles. The summed E-state index contributed by atoms with van der Waals surface area (Å²) < 4.78 is 12.2.